The number of aromatic amines is 1. The van der Waals surface area contributed by atoms with Crippen molar-refractivity contribution in [3.05, 3.63) is 33.7 Å². The van der Waals surface area contributed by atoms with Crippen LogP contribution in [0.3, 0.4) is 0 Å². The molecule has 0 saturated heterocycles. The fraction of sp³-hybridized carbons (Fsp3) is 0.545. The molecular formula is C11H18N2O. The lowest BCUT2D eigenvalue weighted by molar-refractivity contribution is 0.325. The van der Waals surface area contributed by atoms with Gasteiger partial charge >= 0.3 is 0 Å². The summed E-state index contributed by atoms with van der Waals surface area (Å²) in [7, 11) is 0. The Balaban J connectivity index is 3.14. The fourth-order valence-corrected chi connectivity index (χ4v) is 1.39. The molecule has 3 N–H and O–H groups in total. The molecule has 0 aliphatic heterocycles. The third kappa shape index (κ3) is 2.23. The average Bonchev–Trinajstić information content (AvgIpc) is 2.01. The van der Waals surface area contributed by atoms with E-state index in [4.69, 9.17) is 5.73 Å². The molecule has 0 saturated carbocycles. The smallest absolute Gasteiger partial charge is 0.248 e. The van der Waals surface area contributed by atoms with Gasteiger partial charge in [0.15, 0.2) is 0 Å². The van der Waals surface area contributed by atoms with Crippen LogP contribution >= 0.6 is 0 Å². The van der Waals surface area contributed by atoms with Gasteiger partial charge in [0.1, 0.15) is 0 Å². The molecule has 1 atom stereocenters. The molecule has 0 amide bonds. The Bertz CT molecular complexity index is 374. The van der Waals surface area contributed by atoms with Gasteiger partial charge in [0.2, 0.25) is 5.56 Å². The molecule has 1 rings (SSSR count). The Morgan fingerprint density at radius 2 is 2.00 bits per heavy atom. The molecule has 78 valence electrons. The van der Waals surface area contributed by atoms with Crippen molar-refractivity contribution in [3.8, 4) is 0 Å². The lowest BCUT2D eigenvalue weighted by Crippen LogP contribution is -2.27. The number of hydrogen-bond acceptors (Lipinski definition) is 2. The third-order valence-electron chi connectivity index (χ3n) is 2.44. The van der Waals surface area contributed by atoms with Crippen LogP contribution in [0.2, 0.25) is 0 Å². The maximum Gasteiger partial charge on any atom is 0.248 e. The van der Waals surface area contributed by atoms with Crippen molar-refractivity contribution >= 4 is 0 Å². The number of aryl methyl sites for hydroxylation is 1. The summed E-state index contributed by atoms with van der Waals surface area (Å²) >= 11 is 0. The van der Waals surface area contributed by atoms with E-state index in [0.29, 0.717) is 0 Å². The summed E-state index contributed by atoms with van der Waals surface area (Å²) in [5.41, 5.74) is 7.99. The summed E-state index contributed by atoms with van der Waals surface area (Å²) in [5.74, 6) is 0. The predicted octanol–water partition coefficient (Wildman–Crippen LogP) is 1.73. The molecule has 0 fully saturated rings. The van der Waals surface area contributed by atoms with Crippen LogP contribution in [-0.2, 0) is 0 Å². The van der Waals surface area contributed by atoms with Crippen molar-refractivity contribution in [1.29, 1.82) is 0 Å². The molecular weight excluding hydrogens is 176 g/mol. The molecule has 0 radical (unpaired) electrons. The highest BCUT2D eigenvalue weighted by molar-refractivity contribution is 5.26. The molecule has 0 aromatic carbocycles. The second-order valence-corrected chi connectivity index (χ2v) is 4.78. The summed E-state index contributed by atoms with van der Waals surface area (Å²) in [4.78, 5) is 13.7. The first kappa shape index (κ1) is 11.0. The second-order valence-electron chi connectivity index (χ2n) is 4.78. The average molecular weight is 194 g/mol. The highest BCUT2D eigenvalue weighted by Gasteiger charge is 2.23. The number of hydrogen-bond donors (Lipinski definition) is 2. The van der Waals surface area contributed by atoms with Crippen LogP contribution in [0, 0.1) is 12.3 Å². The Kier molecular flexibility index (Phi) is 2.81. The molecule has 3 heteroatoms. The van der Waals surface area contributed by atoms with Gasteiger partial charge in [0.05, 0.1) is 0 Å². The van der Waals surface area contributed by atoms with E-state index in [1.807, 2.05) is 6.92 Å². The highest BCUT2D eigenvalue weighted by Crippen LogP contribution is 2.30. The Morgan fingerprint density at radius 1 is 1.43 bits per heavy atom. The van der Waals surface area contributed by atoms with Gasteiger partial charge in [-0.1, -0.05) is 20.8 Å². The number of nitrogens with one attached hydrogen (secondary N) is 1. The topological polar surface area (TPSA) is 58.9 Å². The standard InChI is InChI=1S/C11H18N2O/c1-7-5-9(14)13-6-8(7)10(12)11(2,3)4/h5-6,10H,12H2,1-4H3,(H,13,14)/t10-/m0/s1. The minimum atomic E-state index is -0.0765. The van der Waals surface area contributed by atoms with E-state index in [1.54, 1.807) is 12.3 Å². The van der Waals surface area contributed by atoms with E-state index >= 15 is 0 Å². The van der Waals surface area contributed by atoms with Gasteiger partial charge in [0.25, 0.3) is 0 Å². The zero-order valence-electron chi connectivity index (χ0n) is 9.22. The van der Waals surface area contributed by atoms with Crippen molar-refractivity contribution in [3.63, 3.8) is 0 Å². The summed E-state index contributed by atoms with van der Waals surface area (Å²) in [6, 6.07) is 1.53. The van der Waals surface area contributed by atoms with E-state index in [2.05, 4.69) is 25.8 Å². The van der Waals surface area contributed by atoms with Gasteiger partial charge in [-0.05, 0) is 23.5 Å². The van der Waals surface area contributed by atoms with Gasteiger partial charge in [-0.2, -0.15) is 0 Å². The molecule has 3 nitrogen and oxygen atoms in total. The second kappa shape index (κ2) is 3.58. The summed E-state index contributed by atoms with van der Waals surface area (Å²) in [5, 5.41) is 0. The SMILES string of the molecule is Cc1cc(=O)[nH]cc1[C@H](N)C(C)(C)C. The van der Waals surface area contributed by atoms with E-state index < -0.39 is 0 Å². The van der Waals surface area contributed by atoms with Crippen LogP contribution in [0.15, 0.2) is 17.1 Å². The lowest BCUT2D eigenvalue weighted by Gasteiger charge is -2.28. The normalized spacial score (nSPS) is 14.1. The first-order valence-corrected chi connectivity index (χ1v) is 4.77. The van der Waals surface area contributed by atoms with E-state index in [9.17, 15) is 4.79 Å². The molecule has 14 heavy (non-hydrogen) atoms. The van der Waals surface area contributed by atoms with Crippen molar-refractivity contribution in [1.82, 2.24) is 4.98 Å². The number of pyridine rings is 1. The van der Waals surface area contributed by atoms with E-state index in [-0.39, 0.29) is 17.0 Å². The zero-order chi connectivity index (χ0) is 10.9. The number of aromatic nitrogens is 1. The fourth-order valence-electron chi connectivity index (χ4n) is 1.39. The van der Waals surface area contributed by atoms with Gasteiger partial charge in [0, 0.05) is 18.3 Å². The summed E-state index contributed by atoms with van der Waals surface area (Å²) < 4.78 is 0. The predicted molar refractivity (Wildman–Crippen MR) is 58.2 cm³/mol. The number of nitrogens with two attached hydrogens (primary N) is 1. The quantitative estimate of drug-likeness (QED) is 0.715. The van der Waals surface area contributed by atoms with Gasteiger partial charge in [-0.3, -0.25) is 4.79 Å². The van der Waals surface area contributed by atoms with Crippen molar-refractivity contribution < 1.29 is 0 Å². The monoisotopic (exact) mass is 194 g/mol. The zero-order valence-corrected chi connectivity index (χ0v) is 9.22. The molecule has 1 aromatic rings. The van der Waals surface area contributed by atoms with E-state index in [0.717, 1.165) is 11.1 Å². The minimum absolute atomic E-state index is 0.00298. The Labute approximate surface area is 84.3 Å². The third-order valence-corrected chi connectivity index (χ3v) is 2.44. The maximum absolute atomic E-state index is 11.0. The van der Waals surface area contributed by atoms with E-state index in [1.165, 1.54) is 0 Å². The summed E-state index contributed by atoms with van der Waals surface area (Å²) in [6.45, 7) is 8.17. The number of rotatable bonds is 1. The van der Waals surface area contributed by atoms with Crippen LogP contribution in [0.25, 0.3) is 0 Å². The van der Waals surface area contributed by atoms with Crippen molar-refractivity contribution in [2.75, 3.05) is 0 Å². The molecule has 0 spiro atoms. The maximum atomic E-state index is 11.0. The first-order chi connectivity index (χ1) is 6.32. The molecule has 1 heterocycles. The van der Waals surface area contributed by atoms with Gasteiger partial charge in [-0.25, -0.2) is 0 Å². The molecule has 0 unspecified atom stereocenters. The molecule has 0 aliphatic carbocycles. The van der Waals surface area contributed by atoms with Crippen molar-refractivity contribution in [2.45, 2.75) is 33.7 Å². The number of H-pyrrole nitrogens is 1. The summed E-state index contributed by atoms with van der Waals surface area (Å²) in [6.07, 6.45) is 1.72. The molecule has 1 aromatic heterocycles. The van der Waals surface area contributed by atoms with Crippen LogP contribution < -0.4 is 11.3 Å². The Morgan fingerprint density at radius 3 is 2.43 bits per heavy atom. The van der Waals surface area contributed by atoms with Crippen molar-refractivity contribution in [2.24, 2.45) is 11.1 Å². The van der Waals surface area contributed by atoms with Gasteiger partial charge in [-0.15, -0.1) is 0 Å². The van der Waals surface area contributed by atoms with Crippen LogP contribution in [0.4, 0.5) is 0 Å². The first-order valence-electron chi connectivity index (χ1n) is 4.77. The highest BCUT2D eigenvalue weighted by atomic mass is 16.1. The van der Waals surface area contributed by atoms with Crippen LogP contribution in [-0.4, -0.2) is 4.98 Å². The minimum Gasteiger partial charge on any atom is -0.329 e. The van der Waals surface area contributed by atoms with Gasteiger partial charge < -0.3 is 10.7 Å². The lowest BCUT2D eigenvalue weighted by atomic mass is 9.82. The molecule has 0 aliphatic rings. The van der Waals surface area contributed by atoms with Crippen LogP contribution in [0.5, 0.6) is 0 Å². The Hall–Kier alpha value is -1.09. The largest absolute Gasteiger partial charge is 0.329 e. The van der Waals surface area contributed by atoms with Crippen LogP contribution in [0.1, 0.15) is 37.9 Å². The molecule has 0 bridgehead atoms.